The smallest absolute Gasteiger partial charge is 0.312 e. The molecule has 0 aliphatic rings. The van der Waals surface area contributed by atoms with Crippen molar-refractivity contribution in [1.82, 2.24) is 19.3 Å². The Kier molecular flexibility index (Phi) is 7.42. The summed E-state index contributed by atoms with van der Waals surface area (Å²) >= 11 is 0. The number of rotatable bonds is 10. The van der Waals surface area contributed by atoms with E-state index >= 15 is 0 Å². The fourth-order valence-corrected chi connectivity index (χ4v) is 5.93. The molecule has 0 spiro atoms. The van der Waals surface area contributed by atoms with Gasteiger partial charge in [0.15, 0.2) is 11.5 Å². The van der Waals surface area contributed by atoms with E-state index in [9.17, 15) is 9.90 Å². The largest absolute Gasteiger partial charge is 0.493 e. The first-order valence-electron chi connectivity index (χ1n) is 14.0. The van der Waals surface area contributed by atoms with Crippen LogP contribution in [0.25, 0.3) is 10.9 Å². The molecule has 43 heavy (non-hydrogen) atoms. The number of carbonyl (C=O) groups is 1. The summed E-state index contributed by atoms with van der Waals surface area (Å²) in [4.78, 5) is 16.9. The van der Waals surface area contributed by atoms with Crippen LogP contribution in [0.3, 0.4) is 0 Å². The van der Waals surface area contributed by atoms with Crippen LogP contribution in [0, 0.1) is 0 Å². The summed E-state index contributed by atoms with van der Waals surface area (Å²) in [7, 11) is 3.13. The molecule has 6 aromatic rings. The van der Waals surface area contributed by atoms with Gasteiger partial charge in [-0.1, -0.05) is 91.0 Å². The Morgan fingerprint density at radius 2 is 1.35 bits per heavy atom. The van der Waals surface area contributed by atoms with Crippen LogP contribution < -0.4 is 9.47 Å². The molecule has 1 unspecified atom stereocenters. The van der Waals surface area contributed by atoms with Gasteiger partial charge in [0.25, 0.3) is 0 Å². The lowest BCUT2D eigenvalue weighted by molar-refractivity contribution is -0.138. The molecule has 2 aromatic heterocycles. The molecule has 1 atom stereocenters. The third kappa shape index (κ3) is 4.70. The minimum atomic E-state index is -0.959. The topological polar surface area (TPSA) is 91.4 Å². The summed E-state index contributed by atoms with van der Waals surface area (Å²) in [6.07, 6.45) is 3.80. The predicted octanol–water partition coefficient (Wildman–Crippen LogP) is 6.33. The maximum Gasteiger partial charge on any atom is 0.312 e. The molecule has 0 aliphatic carbocycles. The molecule has 0 fully saturated rings. The van der Waals surface area contributed by atoms with Crippen molar-refractivity contribution < 1.29 is 19.4 Å². The molecule has 0 saturated heterocycles. The van der Waals surface area contributed by atoms with Crippen LogP contribution in [0.2, 0.25) is 0 Å². The summed E-state index contributed by atoms with van der Waals surface area (Å²) in [6, 6.07) is 34.8. The number of fused-ring (bicyclic) bond motifs is 1. The van der Waals surface area contributed by atoms with Crippen LogP contribution in [-0.4, -0.2) is 44.6 Å². The summed E-state index contributed by atoms with van der Waals surface area (Å²) in [6.45, 7) is 1.91. The normalized spacial score (nSPS) is 12.3. The number of methoxy groups -OCH3 is 2. The van der Waals surface area contributed by atoms with Crippen LogP contribution in [0.1, 0.15) is 41.1 Å². The van der Waals surface area contributed by atoms with Crippen LogP contribution in [0.15, 0.2) is 116 Å². The second-order valence-corrected chi connectivity index (χ2v) is 10.3. The zero-order chi connectivity index (χ0) is 30.0. The average Bonchev–Trinajstić information content (AvgIpc) is 3.66. The highest BCUT2D eigenvalue weighted by atomic mass is 16.5. The number of carboxylic acids is 1. The fourth-order valence-electron chi connectivity index (χ4n) is 5.93. The molecule has 0 amide bonds. The Morgan fingerprint density at radius 3 is 1.84 bits per heavy atom. The summed E-state index contributed by atoms with van der Waals surface area (Å²) < 4.78 is 15.1. The van der Waals surface area contributed by atoms with E-state index in [2.05, 4.69) is 41.0 Å². The van der Waals surface area contributed by atoms with Gasteiger partial charge in [0.1, 0.15) is 11.4 Å². The van der Waals surface area contributed by atoms with Crippen molar-refractivity contribution in [3.05, 3.63) is 144 Å². The Balaban J connectivity index is 1.60. The quantitative estimate of drug-likeness (QED) is 0.193. The molecule has 216 valence electrons. The first kappa shape index (κ1) is 27.8. The van der Waals surface area contributed by atoms with Crippen molar-refractivity contribution in [2.75, 3.05) is 14.2 Å². The fraction of sp³-hybridized carbons (Fsp3) is 0.171. The number of imidazole rings is 1. The minimum Gasteiger partial charge on any atom is -0.493 e. The SMILES string of the molecule is COc1cc2c(C(C)C(=O)O)nn(Cc3nccn3C(c3ccccc3)(c3ccccc3)c3ccccc3)c2cc1OC. The van der Waals surface area contributed by atoms with Gasteiger partial charge in [0.2, 0.25) is 0 Å². The van der Waals surface area contributed by atoms with E-state index in [0.717, 1.165) is 28.0 Å². The van der Waals surface area contributed by atoms with Crippen LogP contribution in [0.4, 0.5) is 0 Å². The van der Waals surface area contributed by atoms with Gasteiger partial charge in [0, 0.05) is 23.8 Å². The Bertz CT molecular complexity index is 1770. The van der Waals surface area contributed by atoms with Crippen molar-refractivity contribution in [2.45, 2.75) is 24.9 Å². The van der Waals surface area contributed by atoms with Gasteiger partial charge in [-0.25, -0.2) is 4.98 Å². The molecule has 8 heteroatoms. The number of nitrogens with zero attached hydrogens (tertiary/aromatic N) is 4. The number of aromatic nitrogens is 4. The molecule has 4 aromatic carbocycles. The number of hydrogen-bond donors (Lipinski definition) is 1. The van der Waals surface area contributed by atoms with Crippen molar-refractivity contribution >= 4 is 16.9 Å². The molecule has 0 aliphatic heterocycles. The maximum atomic E-state index is 12.1. The van der Waals surface area contributed by atoms with E-state index in [4.69, 9.17) is 19.6 Å². The zero-order valence-electron chi connectivity index (χ0n) is 24.2. The molecule has 6 rings (SSSR count). The van der Waals surface area contributed by atoms with E-state index in [-0.39, 0.29) is 6.54 Å². The average molecular weight is 573 g/mol. The molecular formula is C35H32N4O4. The minimum absolute atomic E-state index is 0.277. The van der Waals surface area contributed by atoms with Crippen molar-refractivity contribution in [2.24, 2.45) is 0 Å². The number of carboxylic acid groups (broad SMARTS) is 1. The van der Waals surface area contributed by atoms with E-state index in [1.165, 1.54) is 0 Å². The highest BCUT2D eigenvalue weighted by molar-refractivity contribution is 5.90. The van der Waals surface area contributed by atoms with Gasteiger partial charge in [-0.2, -0.15) is 5.10 Å². The lowest BCUT2D eigenvalue weighted by Gasteiger charge is -2.38. The number of aliphatic carboxylic acids is 1. The lowest BCUT2D eigenvalue weighted by atomic mass is 9.76. The van der Waals surface area contributed by atoms with Gasteiger partial charge >= 0.3 is 5.97 Å². The second kappa shape index (κ2) is 11.5. The van der Waals surface area contributed by atoms with Gasteiger partial charge in [-0.05, 0) is 29.7 Å². The third-order valence-corrected chi connectivity index (χ3v) is 8.01. The van der Waals surface area contributed by atoms with Crippen molar-refractivity contribution in [3.63, 3.8) is 0 Å². The van der Waals surface area contributed by atoms with Gasteiger partial charge in [-0.15, -0.1) is 0 Å². The molecule has 0 saturated carbocycles. The maximum absolute atomic E-state index is 12.1. The third-order valence-electron chi connectivity index (χ3n) is 8.01. The summed E-state index contributed by atoms with van der Waals surface area (Å²) in [5, 5.41) is 15.4. The Labute approximate surface area is 249 Å². The van der Waals surface area contributed by atoms with Crippen LogP contribution in [-0.2, 0) is 16.9 Å². The van der Waals surface area contributed by atoms with Gasteiger partial charge < -0.3 is 19.1 Å². The van der Waals surface area contributed by atoms with E-state index in [1.807, 2.05) is 66.9 Å². The van der Waals surface area contributed by atoms with Crippen molar-refractivity contribution in [1.29, 1.82) is 0 Å². The monoisotopic (exact) mass is 572 g/mol. The van der Waals surface area contributed by atoms with Crippen LogP contribution in [0.5, 0.6) is 11.5 Å². The Hall–Kier alpha value is -5.37. The molecule has 1 N–H and O–H groups in total. The molecule has 2 heterocycles. The highest BCUT2D eigenvalue weighted by Crippen LogP contribution is 2.42. The second-order valence-electron chi connectivity index (χ2n) is 10.3. The number of ether oxygens (including phenoxy) is 2. The van der Waals surface area contributed by atoms with E-state index in [1.54, 1.807) is 38.1 Å². The van der Waals surface area contributed by atoms with Gasteiger partial charge in [-0.3, -0.25) is 9.48 Å². The zero-order valence-corrected chi connectivity index (χ0v) is 24.2. The first-order chi connectivity index (χ1) is 21.0. The summed E-state index contributed by atoms with van der Waals surface area (Å²) in [5.41, 5.74) is 3.63. The summed E-state index contributed by atoms with van der Waals surface area (Å²) in [5.74, 6) is -0.0182. The lowest BCUT2D eigenvalue weighted by Crippen LogP contribution is -2.39. The van der Waals surface area contributed by atoms with Gasteiger partial charge in [0.05, 0.1) is 37.9 Å². The van der Waals surface area contributed by atoms with Crippen molar-refractivity contribution in [3.8, 4) is 11.5 Å². The van der Waals surface area contributed by atoms with E-state index < -0.39 is 17.4 Å². The predicted molar refractivity (Wildman–Crippen MR) is 165 cm³/mol. The molecular weight excluding hydrogens is 540 g/mol. The first-order valence-corrected chi connectivity index (χ1v) is 14.0. The van der Waals surface area contributed by atoms with E-state index in [0.29, 0.717) is 22.6 Å². The molecule has 0 radical (unpaired) electrons. The molecule has 0 bridgehead atoms. The van der Waals surface area contributed by atoms with Crippen LogP contribution >= 0.6 is 0 Å². The highest BCUT2D eigenvalue weighted by Gasteiger charge is 2.39. The molecule has 8 nitrogen and oxygen atoms in total. The number of benzene rings is 4. The number of hydrogen-bond acceptors (Lipinski definition) is 5. The Morgan fingerprint density at radius 1 is 0.837 bits per heavy atom. The standard InChI is InChI=1S/C35H32N4O4/c1-24(34(40)41)33-28-21-30(42-2)31(43-3)22-29(28)39(37-33)23-32-36-19-20-38(32)35(25-13-7-4-8-14-25,26-15-9-5-10-16-26)27-17-11-6-12-18-27/h4-22,24H,23H2,1-3H3,(H,40,41).